The van der Waals surface area contributed by atoms with E-state index in [9.17, 15) is 29.7 Å². The second kappa shape index (κ2) is 13.8. The van der Waals surface area contributed by atoms with Crippen LogP contribution >= 0.6 is 0 Å². The Morgan fingerprint density at radius 3 is 2.60 bits per heavy atom. The highest BCUT2D eigenvalue weighted by Gasteiger charge is 2.49. The van der Waals surface area contributed by atoms with E-state index < -0.39 is 54.3 Å². The first-order chi connectivity index (χ1) is 21.8. The van der Waals surface area contributed by atoms with Crippen LogP contribution in [0, 0.1) is 0 Å². The largest absolute Gasteiger partial charge is 0.487 e. The van der Waals surface area contributed by atoms with Crippen LogP contribution in [0.2, 0.25) is 0 Å². The highest BCUT2D eigenvalue weighted by molar-refractivity contribution is 5.92. The third-order valence-corrected chi connectivity index (χ3v) is 9.20. The zero-order valence-electron chi connectivity index (χ0n) is 25.0. The lowest BCUT2D eigenvalue weighted by Crippen LogP contribution is -2.65. The van der Waals surface area contributed by atoms with Crippen molar-refractivity contribution in [2.75, 3.05) is 32.7 Å². The summed E-state index contributed by atoms with van der Waals surface area (Å²) >= 11 is 0. The van der Waals surface area contributed by atoms with Crippen molar-refractivity contribution in [1.82, 2.24) is 35.4 Å². The first-order valence-electron chi connectivity index (χ1n) is 15.7. The third kappa shape index (κ3) is 6.97. The minimum absolute atomic E-state index is 0.152. The van der Waals surface area contributed by atoms with Crippen molar-refractivity contribution in [1.29, 1.82) is 0 Å². The van der Waals surface area contributed by atoms with E-state index in [1.165, 1.54) is 9.80 Å². The van der Waals surface area contributed by atoms with Crippen molar-refractivity contribution in [2.45, 2.75) is 87.4 Å². The summed E-state index contributed by atoms with van der Waals surface area (Å²) in [6, 6.07) is 8.39. The number of aliphatic hydroxyl groups is 3. The Morgan fingerprint density at radius 1 is 1.04 bits per heavy atom. The molecule has 7 atom stereocenters. The molecule has 4 aliphatic rings. The molecule has 4 heterocycles. The molecule has 244 valence electrons. The lowest BCUT2D eigenvalue weighted by atomic mass is 9.93. The number of ether oxygens (including phenoxy) is 2. The van der Waals surface area contributed by atoms with Crippen molar-refractivity contribution in [3.05, 3.63) is 42.2 Å². The first-order valence-corrected chi connectivity index (χ1v) is 15.7. The fourth-order valence-corrected chi connectivity index (χ4v) is 6.64. The van der Waals surface area contributed by atoms with Gasteiger partial charge in [0.1, 0.15) is 48.5 Å². The Hall–Kier alpha value is -3.63. The minimum Gasteiger partial charge on any atom is -0.487 e. The number of aliphatic hydroxyl groups excluding tert-OH is 3. The van der Waals surface area contributed by atoms with Crippen molar-refractivity contribution >= 4 is 17.7 Å². The monoisotopic (exact) mass is 627 g/mol. The number of nitrogens with zero attached hydrogens (tertiary/aromatic N) is 5. The maximum absolute atomic E-state index is 13.8. The van der Waals surface area contributed by atoms with E-state index in [1.54, 1.807) is 10.9 Å². The summed E-state index contributed by atoms with van der Waals surface area (Å²) in [4.78, 5) is 43.8. The second-order valence-electron chi connectivity index (χ2n) is 12.3. The molecule has 4 fully saturated rings. The molecule has 15 nitrogen and oxygen atoms in total. The maximum Gasteiger partial charge on any atom is 0.255 e. The average Bonchev–Trinajstić information content (AvgIpc) is 3.83. The number of rotatable bonds is 8. The molecule has 3 saturated heterocycles. The van der Waals surface area contributed by atoms with E-state index in [0.29, 0.717) is 24.0 Å². The van der Waals surface area contributed by atoms with Gasteiger partial charge in [-0.1, -0.05) is 36.3 Å². The van der Waals surface area contributed by atoms with E-state index >= 15 is 0 Å². The number of para-hydroxylation sites is 1. The summed E-state index contributed by atoms with van der Waals surface area (Å²) in [6.07, 6.45) is -1.27. The molecule has 1 aromatic heterocycles. The molecule has 0 spiro atoms. The first kappa shape index (κ1) is 31.4. The molecule has 1 aromatic carbocycles. The summed E-state index contributed by atoms with van der Waals surface area (Å²) in [5, 5.41) is 46.4. The molecule has 45 heavy (non-hydrogen) atoms. The average molecular weight is 628 g/mol. The van der Waals surface area contributed by atoms with Crippen molar-refractivity contribution in [3.8, 4) is 5.75 Å². The Morgan fingerprint density at radius 2 is 1.82 bits per heavy atom. The molecular formula is C30H41N7O8. The molecule has 2 aromatic rings. The van der Waals surface area contributed by atoms with Gasteiger partial charge in [0, 0.05) is 38.6 Å². The van der Waals surface area contributed by atoms with Crippen LogP contribution in [-0.2, 0) is 25.7 Å². The number of carbonyl (C=O) groups is 3. The van der Waals surface area contributed by atoms with Crippen molar-refractivity contribution < 1.29 is 39.2 Å². The highest BCUT2D eigenvalue weighted by Crippen LogP contribution is 2.29. The number of aromatic nitrogens is 3. The molecule has 15 heteroatoms. The molecule has 6 rings (SSSR count). The van der Waals surface area contributed by atoms with E-state index in [1.807, 2.05) is 30.3 Å². The standard InChI is InChI=1S/C30H41N7O8/c38-24-16-35(11-10-31-18-6-4-5-7-18)30(43)28-27(41)26(40)25(39)23(45-28)13-32-29(42)22-12-20(15-36(22)24)37-14-19(33-34-37)17-44-21-8-2-1-3-9-21/h1-3,8-9,14,18,20,22-23,25-28,31,39-41H,4-7,10-13,15-17H2,(H,32,42)/t20-,22-,23-,25-,26+,27+,28-/m0/s1. The van der Waals surface area contributed by atoms with Crippen LogP contribution in [-0.4, -0.2) is 133 Å². The van der Waals surface area contributed by atoms with Gasteiger partial charge in [0.15, 0.2) is 6.10 Å². The van der Waals surface area contributed by atoms with Crippen molar-refractivity contribution in [3.63, 3.8) is 0 Å². The number of hydrogen-bond donors (Lipinski definition) is 5. The van der Waals surface area contributed by atoms with Crippen LogP contribution in [0.5, 0.6) is 5.75 Å². The highest BCUT2D eigenvalue weighted by atomic mass is 16.5. The minimum atomic E-state index is -1.71. The van der Waals surface area contributed by atoms with Crippen LogP contribution in [0.3, 0.4) is 0 Å². The van der Waals surface area contributed by atoms with E-state index in [-0.39, 0.29) is 45.2 Å². The number of amides is 3. The van der Waals surface area contributed by atoms with Gasteiger partial charge in [0.05, 0.1) is 18.8 Å². The van der Waals surface area contributed by atoms with Crippen molar-refractivity contribution in [2.24, 2.45) is 0 Å². The smallest absolute Gasteiger partial charge is 0.255 e. The number of benzene rings is 1. The summed E-state index contributed by atoms with van der Waals surface area (Å²) < 4.78 is 13.2. The zero-order chi connectivity index (χ0) is 31.5. The molecule has 1 aliphatic carbocycles. The van der Waals surface area contributed by atoms with Gasteiger partial charge in [-0.25, -0.2) is 4.68 Å². The summed E-state index contributed by atoms with van der Waals surface area (Å²) in [7, 11) is 0. The summed E-state index contributed by atoms with van der Waals surface area (Å²) in [5.74, 6) is -0.885. The second-order valence-corrected chi connectivity index (χ2v) is 12.3. The zero-order valence-corrected chi connectivity index (χ0v) is 25.0. The Labute approximate surface area is 260 Å². The Balaban J connectivity index is 1.20. The normalized spacial score (nSPS) is 31.4. The molecule has 3 aliphatic heterocycles. The van der Waals surface area contributed by atoms with Gasteiger partial charge in [0.25, 0.3) is 5.91 Å². The lowest BCUT2D eigenvalue weighted by molar-refractivity contribution is -0.223. The van der Waals surface area contributed by atoms with Gasteiger partial charge >= 0.3 is 0 Å². The third-order valence-electron chi connectivity index (χ3n) is 9.20. The molecule has 1 saturated carbocycles. The number of carbonyl (C=O) groups excluding carboxylic acids is 3. The van der Waals surface area contributed by atoms with Crippen LogP contribution in [0.1, 0.15) is 43.8 Å². The van der Waals surface area contributed by atoms with Crippen LogP contribution < -0.4 is 15.4 Å². The predicted molar refractivity (Wildman–Crippen MR) is 156 cm³/mol. The fourth-order valence-electron chi connectivity index (χ4n) is 6.64. The topological polar surface area (TPSA) is 192 Å². The van der Waals surface area contributed by atoms with Gasteiger partial charge < -0.3 is 45.2 Å². The molecular weight excluding hydrogens is 586 g/mol. The fraction of sp³-hybridized carbons (Fsp3) is 0.633. The number of hydrogen-bond acceptors (Lipinski definition) is 11. The Bertz CT molecular complexity index is 1340. The molecule has 2 bridgehead atoms. The molecule has 0 radical (unpaired) electrons. The number of fused-ring (bicyclic) bond motifs is 3. The van der Waals surface area contributed by atoms with Crippen LogP contribution in [0.25, 0.3) is 0 Å². The summed E-state index contributed by atoms with van der Waals surface area (Å²) in [6.45, 7) is 0.335. The summed E-state index contributed by atoms with van der Waals surface area (Å²) in [5.41, 5.74) is 0.581. The van der Waals surface area contributed by atoms with E-state index in [0.717, 1.165) is 25.7 Å². The molecule has 3 amide bonds. The van der Waals surface area contributed by atoms with Gasteiger partial charge in [0.2, 0.25) is 11.8 Å². The van der Waals surface area contributed by atoms with Crippen LogP contribution in [0.15, 0.2) is 36.5 Å². The van der Waals surface area contributed by atoms with E-state index in [4.69, 9.17) is 9.47 Å². The van der Waals surface area contributed by atoms with Gasteiger partial charge in [-0.15, -0.1) is 5.10 Å². The van der Waals surface area contributed by atoms with Gasteiger partial charge in [-0.05, 0) is 25.0 Å². The van der Waals surface area contributed by atoms with E-state index in [2.05, 4.69) is 20.9 Å². The maximum atomic E-state index is 13.8. The molecule has 5 N–H and O–H groups in total. The van der Waals surface area contributed by atoms with Gasteiger partial charge in [-0.2, -0.15) is 0 Å². The molecule has 0 unspecified atom stereocenters. The number of nitrogens with one attached hydrogen (secondary N) is 2. The quantitative estimate of drug-likeness (QED) is 0.225. The van der Waals surface area contributed by atoms with Gasteiger partial charge in [-0.3, -0.25) is 14.4 Å². The Kier molecular flexibility index (Phi) is 9.61. The van der Waals surface area contributed by atoms with Crippen LogP contribution in [0.4, 0.5) is 0 Å². The lowest BCUT2D eigenvalue weighted by Gasteiger charge is -2.42. The predicted octanol–water partition coefficient (Wildman–Crippen LogP) is -1.66. The SMILES string of the molecule is O=C1NC[C@@H]2O[C@H](C(=O)N(CCNC3CCCC3)CC(=O)N3C[C@@H](n4cc(COc5ccccc5)nn4)C[C@@H]13)[C@H](O)[C@H](O)[C@H]2O.